The molecule has 5 heteroatoms. The zero-order chi connectivity index (χ0) is 12.7. The standard InChI is InChI=1S/C13H14N2O2S/c1-7-12-8-6-11(15-4-5-16)17-9(8)2-3-10(12)18-13(7)14/h2-3,6,15-16H,4-5,14H2,1H3. The van der Waals surface area contributed by atoms with E-state index in [-0.39, 0.29) is 6.61 Å². The largest absolute Gasteiger partial charge is 0.441 e. The van der Waals surface area contributed by atoms with E-state index in [9.17, 15) is 0 Å². The van der Waals surface area contributed by atoms with Gasteiger partial charge in [-0.2, -0.15) is 0 Å². The second-order valence-electron chi connectivity index (χ2n) is 4.20. The number of anilines is 2. The van der Waals surface area contributed by atoms with Gasteiger partial charge in [0.15, 0.2) is 5.88 Å². The highest BCUT2D eigenvalue weighted by atomic mass is 32.1. The highest BCUT2D eigenvalue weighted by molar-refractivity contribution is 7.23. The molecule has 3 aromatic rings. The van der Waals surface area contributed by atoms with Crippen LogP contribution in [0, 0.1) is 6.92 Å². The normalized spacial score (nSPS) is 11.4. The van der Waals surface area contributed by atoms with Crippen LogP contribution in [0.5, 0.6) is 0 Å². The molecule has 94 valence electrons. The molecule has 2 heterocycles. The molecule has 0 amide bonds. The Kier molecular flexibility index (Phi) is 2.65. The monoisotopic (exact) mass is 262 g/mol. The molecule has 0 atom stereocenters. The van der Waals surface area contributed by atoms with E-state index < -0.39 is 0 Å². The van der Waals surface area contributed by atoms with Crippen LogP contribution in [-0.2, 0) is 0 Å². The number of aliphatic hydroxyl groups excluding tert-OH is 1. The van der Waals surface area contributed by atoms with Crippen LogP contribution >= 0.6 is 11.3 Å². The van der Waals surface area contributed by atoms with Gasteiger partial charge in [-0.3, -0.25) is 0 Å². The van der Waals surface area contributed by atoms with Crippen LogP contribution in [0.2, 0.25) is 0 Å². The maximum Gasteiger partial charge on any atom is 0.194 e. The van der Waals surface area contributed by atoms with Gasteiger partial charge in [0.25, 0.3) is 0 Å². The molecular weight excluding hydrogens is 248 g/mol. The minimum Gasteiger partial charge on any atom is -0.441 e. The summed E-state index contributed by atoms with van der Waals surface area (Å²) in [5, 5.41) is 14.9. The molecule has 0 unspecified atom stereocenters. The second-order valence-corrected chi connectivity index (χ2v) is 5.29. The van der Waals surface area contributed by atoms with E-state index in [1.807, 2.05) is 25.1 Å². The number of fused-ring (bicyclic) bond motifs is 3. The van der Waals surface area contributed by atoms with Crippen LogP contribution in [0.4, 0.5) is 10.9 Å². The summed E-state index contributed by atoms with van der Waals surface area (Å²) in [5.41, 5.74) is 7.91. The third-order valence-electron chi connectivity index (χ3n) is 3.04. The van der Waals surface area contributed by atoms with Crippen molar-refractivity contribution in [3.63, 3.8) is 0 Å². The molecule has 2 aromatic heterocycles. The van der Waals surface area contributed by atoms with E-state index in [4.69, 9.17) is 15.3 Å². The zero-order valence-electron chi connectivity index (χ0n) is 9.99. The van der Waals surface area contributed by atoms with E-state index in [0.717, 1.165) is 26.9 Å². The first kappa shape index (κ1) is 11.4. The Morgan fingerprint density at radius 1 is 1.44 bits per heavy atom. The van der Waals surface area contributed by atoms with E-state index in [1.165, 1.54) is 4.70 Å². The third kappa shape index (κ3) is 1.63. The predicted molar refractivity (Wildman–Crippen MR) is 76.3 cm³/mol. The Labute approximate surface area is 108 Å². The number of aliphatic hydroxyl groups is 1. The summed E-state index contributed by atoms with van der Waals surface area (Å²) in [4.78, 5) is 0. The summed E-state index contributed by atoms with van der Waals surface area (Å²) in [6, 6.07) is 5.95. The predicted octanol–water partition coefficient (Wildman–Crippen LogP) is 2.94. The van der Waals surface area contributed by atoms with E-state index in [1.54, 1.807) is 11.3 Å². The van der Waals surface area contributed by atoms with Gasteiger partial charge in [-0.25, -0.2) is 0 Å². The molecule has 1 aromatic carbocycles. The van der Waals surface area contributed by atoms with Crippen molar-refractivity contribution in [2.24, 2.45) is 0 Å². The van der Waals surface area contributed by atoms with Crippen molar-refractivity contribution in [1.29, 1.82) is 0 Å². The number of benzene rings is 1. The Morgan fingerprint density at radius 3 is 3.06 bits per heavy atom. The lowest BCUT2D eigenvalue weighted by Crippen LogP contribution is -2.03. The van der Waals surface area contributed by atoms with Gasteiger partial charge >= 0.3 is 0 Å². The fourth-order valence-electron chi connectivity index (χ4n) is 2.15. The second kappa shape index (κ2) is 4.19. The van der Waals surface area contributed by atoms with Crippen LogP contribution in [0.1, 0.15) is 5.56 Å². The van der Waals surface area contributed by atoms with Crippen LogP contribution in [0.15, 0.2) is 22.6 Å². The number of furan rings is 1. The van der Waals surface area contributed by atoms with E-state index in [2.05, 4.69) is 5.32 Å². The van der Waals surface area contributed by atoms with Crippen LogP contribution in [-0.4, -0.2) is 18.3 Å². The molecule has 0 radical (unpaired) electrons. The van der Waals surface area contributed by atoms with Crippen molar-refractivity contribution in [3.05, 3.63) is 23.8 Å². The molecular formula is C13H14N2O2S. The fraction of sp³-hybridized carbons (Fsp3) is 0.231. The van der Waals surface area contributed by atoms with Crippen molar-refractivity contribution in [2.75, 3.05) is 24.2 Å². The highest BCUT2D eigenvalue weighted by Gasteiger charge is 2.12. The smallest absolute Gasteiger partial charge is 0.194 e. The van der Waals surface area contributed by atoms with Crippen LogP contribution < -0.4 is 11.1 Å². The first-order valence-corrected chi connectivity index (χ1v) is 6.58. The summed E-state index contributed by atoms with van der Waals surface area (Å²) in [5.74, 6) is 0.677. The van der Waals surface area contributed by atoms with Gasteiger partial charge in [0.1, 0.15) is 5.58 Å². The summed E-state index contributed by atoms with van der Waals surface area (Å²) in [6.07, 6.45) is 0. The molecule has 4 N–H and O–H groups in total. The molecule has 0 aliphatic carbocycles. The number of nitrogens with two attached hydrogens (primary N) is 1. The van der Waals surface area contributed by atoms with Gasteiger partial charge < -0.3 is 20.6 Å². The summed E-state index contributed by atoms with van der Waals surface area (Å²) < 4.78 is 6.86. The summed E-state index contributed by atoms with van der Waals surface area (Å²) in [6.45, 7) is 2.59. The van der Waals surface area contributed by atoms with E-state index in [0.29, 0.717) is 12.4 Å². The molecule has 0 bridgehead atoms. The molecule has 0 fully saturated rings. The Balaban J connectivity index is 2.22. The summed E-state index contributed by atoms with van der Waals surface area (Å²) >= 11 is 1.60. The lowest BCUT2D eigenvalue weighted by Gasteiger charge is -1.96. The Bertz CT molecular complexity index is 714. The topological polar surface area (TPSA) is 71.4 Å². The van der Waals surface area contributed by atoms with Crippen molar-refractivity contribution < 1.29 is 9.52 Å². The Hall–Kier alpha value is -1.72. The number of hydrogen-bond donors (Lipinski definition) is 3. The number of thiophene rings is 1. The molecule has 0 aliphatic heterocycles. The van der Waals surface area contributed by atoms with E-state index >= 15 is 0 Å². The first-order chi connectivity index (χ1) is 8.70. The molecule has 0 spiro atoms. The van der Waals surface area contributed by atoms with Gasteiger partial charge in [-0.1, -0.05) is 0 Å². The number of nitrogens with one attached hydrogen (secondary N) is 1. The number of nitrogen functional groups attached to an aromatic ring is 1. The highest BCUT2D eigenvalue weighted by Crippen LogP contribution is 2.39. The average molecular weight is 262 g/mol. The minimum absolute atomic E-state index is 0.0802. The van der Waals surface area contributed by atoms with Gasteiger partial charge in [0, 0.05) is 28.1 Å². The molecule has 0 saturated heterocycles. The summed E-state index contributed by atoms with van der Waals surface area (Å²) in [7, 11) is 0. The van der Waals surface area contributed by atoms with Crippen molar-refractivity contribution >= 4 is 43.3 Å². The molecule has 0 aliphatic rings. The minimum atomic E-state index is 0.0802. The average Bonchev–Trinajstić information content (AvgIpc) is 2.89. The lowest BCUT2D eigenvalue weighted by atomic mass is 10.1. The van der Waals surface area contributed by atoms with Crippen molar-refractivity contribution in [3.8, 4) is 0 Å². The SMILES string of the molecule is Cc1c(N)sc2ccc3oc(NCCO)cc3c12. The van der Waals surface area contributed by atoms with Crippen molar-refractivity contribution in [1.82, 2.24) is 0 Å². The zero-order valence-corrected chi connectivity index (χ0v) is 10.8. The van der Waals surface area contributed by atoms with Crippen LogP contribution in [0.25, 0.3) is 21.1 Å². The lowest BCUT2D eigenvalue weighted by molar-refractivity contribution is 0.310. The number of aryl methyl sites for hydroxylation is 1. The Morgan fingerprint density at radius 2 is 2.28 bits per heavy atom. The van der Waals surface area contributed by atoms with Crippen molar-refractivity contribution in [2.45, 2.75) is 6.92 Å². The maximum absolute atomic E-state index is 8.80. The third-order valence-corrected chi connectivity index (χ3v) is 4.12. The maximum atomic E-state index is 8.80. The fourth-order valence-corrected chi connectivity index (χ4v) is 3.14. The molecule has 4 nitrogen and oxygen atoms in total. The molecule has 3 rings (SSSR count). The van der Waals surface area contributed by atoms with Crippen LogP contribution in [0.3, 0.4) is 0 Å². The number of rotatable bonds is 3. The van der Waals surface area contributed by atoms with Gasteiger partial charge in [-0.15, -0.1) is 11.3 Å². The molecule has 18 heavy (non-hydrogen) atoms. The first-order valence-electron chi connectivity index (χ1n) is 5.76. The quantitative estimate of drug-likeness (QED) is 0.678. The molecule has 0 saturated carbocycles. The van der Waals surface area contributed by atoms with Gasteiger partial charge in [0.05, 0.1) is 11.6 Å². The number of hydrogen-bond acceptors (Lipinski definition) is 5. The van der Waals surface area contributed by atoms with Gasteiger partial charge in [0.2, 0.25) is 0 Å². The van der Waals surface area contributed by atoms with Gasteiger partial charge in [-0.05, 0) is 24.6 Å².